The summed E-state index contributed by atoms with van der Waals surface area (Å²) in [5.41, 5.74) is 1.14. The fourth-order valence-corrected chi connectivity index (χ4v) is 3.31. The van der Waals surface area contributed by atoms with Crippen LogP contribution in [0.25, 0.3) is 0 Å². The SMILES string of the molecule is COc1cccc(C2SCC(=O)N2CC(C)C)c1. The number of nitrogens with zero attached hydrogens (tertiary/aromatic N) is 1. The predicted molar refractivity (Wildman–Crippen MR) is 74.7 cm³/mol. The molecule has 1 unspecified atom stereocenters. The molecule has 1 heterocycles. The molecule has 1 aromatic carbocycles. The first-order chi connectivity index (χ1) is 8.61. The molecule has 4 heteroatoms. The molecule has 18 heavy (non-hydrogen) atoms. The largest absolute Gasteiger partial charge is 0.497 e. The summed E-state index contributed by atoms with van der Waals surface area (Å²) < 4.78 is 5.24. The van der Waals surface area contributed by atoms with Gasteiger partial charge in [-0.05, 0) is 23.6 Å². The van der Waals surface area contributed by atoms with E-state index in [1.807, 2.05) is 23.1 Å². The molecule has 1 amide bonds. The Balaban J connectivity index is 2.22. The standard InChI is InChI=1S/C14H19NO2S/c1-10(2)8-15-13(16)9-18-14(15)11-5-4-6-12(7-11)17-3/h4-7,10,14H,8-9H2,1-3H3. The lowest BCUT2D eigenvalue weighted by Crippen LogP contribution is -2.31. The van der Waals surface area contributed by atoms with Gasteiger partial charge in [-0.25, -0.2) is 0 Å². The summed E-state index contributed by atoms with van der Waals surface area (Å²) in [7, 11) is 1.66. The van der Waals surface area contributed by atoms with Crippen LogP contribution in [-0.2, 0) is 4.79 Å². The minimum absolute atomic E-state index is 0.134. The van der Waals surface area contributed by atoms with Crippen LogP contribution >= 0.6 is 11.8 Å². The van der Waals surface area contributed by atoms with Gasteiger partial charge in [-0.3, -0.25) is 4.79 Å². The number of ether oxygens (including phenoxy) is 1. The van der Waals surface area contributed by atoms with Gasteiger partial charge in [0, 0.05) is 6.54 Å². The van der Waals surface area contributed by atoms with Crippen LogP contribution in [0.5, 0.6) is 5.75 Å². The van der Waals surface area contributed by atoms with Crippen molar-refractivity contribution in [1.29, 1.82) is 0 Å². The zero-order valence-electron chi connectivity index (χ0n) is 11.1. The van der Waals surface area contributed by atoms with E-state index in [4.69, 9.17) is 4.74 Å². The number of carbonyl (C=O) groups is 1. The van der Waals surface area contributed by atoms with Gasteiger partial charge in [0.15, 0.2) is 0 Å². The van der Waals surface area contributed by atoms with E-state index in [-0.39, 0.29) is 11.3 Å². The van der Waals surface area contributed by atoms with Gasteiger partial charge in [0.2, 0.25) is 5.91 Å². The second-order valence-corrected chi connectivity index (χ2v) is 5.95. The van der Waals surface area contributed by atoms with E-state index in [0.29, 0.717) is 11.7 Å². The van der Waals surface area contributed by atoms with Crippen molar-refractivity contribution < 1.29 is 9.53 Å². The third kappa shape index (κ3) is 2.80. The molecule has 0 saturated carbocycles. The number of rotatable bonds is 4. The van der Waals surface area contributed by atoms with Crippen molar-refractivity contribution in [1.82, 2.24) is 4.90 Å². The molecule has 1 atom stereocenters. The molecule has 0 bridgehead atoms. The number of amides is 1. The molecule has 0 radical (unpaired) electrons. The number of methoxy groups -OCH3 is 1. The Morgan fingerprint density at radius 2 is 2.28 bits per heavy atom. The number of carbonyl (C=O) groups excluding carboxylic acids is 1. The zero-order valence-corrected chi connectivity index (χ0v) is 11.9. The van der Waals surface area contributed by atoms with Crippen molar-refractivity contribution in [3.8, 4) is 5.75 Å². The third-order valence-corrected chi connectivity index (χ3v) is 4.16. The van der Waals surface area contributed by atoms with Crippen molar-refractivity contribution in [3.63, 3.8) is 0 Å². The monoisotopic (exact) mass is 265 g/mol. The van der Waals surface area contributed by atoms with Crippen molar-refractivity contribution >= 4 is 17.7 Å². The van der Waals surface area contributed by atoms with E-state index in [1.54, 1.807) is 18.9 Å². The molecule has 2 rings (SSSR count). The Hall–Kier alpha value is -1.16. The van der Waals surface area contributed by atoms with Gasteiger partial charge in [-0.15, -0.1) is 11.8 Å². The van der Waals surface area contributed by atoms with Crippen LogP contribution in [0.1, 0.15) is 24.8 Å². The molecule has 0 N–H and O–H groups in total. The van der Waals surface area contributed by atoms with Gasteiger partial charge in [0.05, 0.1) is 12.9 Å². The van der Waals surface area contributed by atoms with Crippen LogP contribution < -0.4 is 4.74 Å². The van der Waals surface area contributed by atoms with Gasteiger partial charge in [-0.2, -0.15) is 0 Å². The quantitative estimate of drug-likeness (QED) is 0.838. The van der Waals surface area contributed by atoms with Crippen molar-refractivity contribution in [3.05, 3.63) is 29.8 Å². The maximum atomic E-state index is 11.9. The Morgan fingerprint density at radius 1 is 1.50 bits per heavy atom. The Kier molecular flexibility index (Phi) is 4.17. The molecular formula is C14H19NO2S. The summed E-state index contributed by atoms with van der Waals surface area (Å²) in [6, 6.07) is 7.98. The molecule has 0 aliphatic carbocycles. The Labute approximate surface area is 113 Å². The maximum Gasteiger partial charge on any atom is 0.233 e. The zero-order chi connectivity index (χ0) is 13.1. The fourth-order valence-electron chi connectivity index (χ4n) is 2.12. The highest BCUT2D eigenvalue weighted by atomic mass is 32.2. The number of thioether (sulfide) groups is 1. The van der Waals surface area contributed by atoms with Crippen LogP contribution in [0.15, 0.2) is 24.3 Å². The maximum absolute atomic E-state index is 11.9. The van der Waals surface area contributed by atoms with Crippen molar-refractivity contribution in [2.45, 2.75) is 19.2 Å². The van der Waals surface area contributed by atoms with Crippen LogP contribution in [0, 0.1) is 5.92 Å². The summed E-state index contributed by atoms with van der Waals surface area (Å²) in [6.07, 6.45) is 0. The molecule has 1 aromatic rings. The molecule has 1 aliphatic heterocycles. The molecule has 1 saturated heterocycles. The highest BCUT2D eigenvalue weighted by molar-refractivity contribution is 8.00. The smallest absolute Gasteiger partial charge is 0.233 e. The average molecular weight is 265 g/mol. The first-order valence-corrected chi connectivity index (χ1v) is 7.21. The van der Waals surface area contributed by atoms with Gasteiger partial charge in [0.1, 0.15) is 11.1 Å². The van der Waals surface area contributed by atoms with Crippen molar-refractivity contribution in [2.75, 3.05) is 19.4 Å². The number of benzene rings is 1. The van der Waals surface area contributed by atoms with Gasteiger partial charge < -0.3 is 9.64 Å². The van der Waals surface area contributed by atoms with Gasteiger partial charge in [0.25, 0.3) is 0 Å². The second-order valence-electron chi connectivity index (χ2n) is 4.88. The predicted octanol–water partition coefficient (Wildman–Crippen LogP) is 2.93. The summed E-state index contributed by atoms with van der Waals surface area (Å²) in [4.78, 5) is 13.9. The van der Waals surface area contributed by atoms with Crippen LogP contribution in [0.2, 0.25) is 0 Å². The lowest BCUT2D eigenvalue weighted by molar-refractivity contribution is -0.128. The third-order valence-electron chi connectivity index (χ3n) is 2.91. The minimum Gasteiger partial charge on any atom is -0.497 e. The first-order valence-electron chi connectivity index (χ1n) is 6.17. The van der Waals surface area contributed by atoms with Gasteiger partial charge in [-0.1, -0.05) is 26.0 Å². The minimum atomic E-state index is 0.134. The molecule has 3 nitrogen and oxygen atoms in total. The summed E-state index contributed by atoms with van der Waals surface area (Å²) >= 11 is 1.69. The van der Waals surface area contributed by atoms with E-state index >= 15 is 0 Å². The molecular weight excluding hydrogens is 246 g/mol. The number of hydrogen-bond acceptors (Lipinski definition) is 3. The van der Waals surface area contributed by atoms with E-state index in [9.17, 15) is 4.79 Å². The van der Waals surface area contributed by atoms with Gasteiger partial charge >= 0.3 is 0 Å². The van der Waals surface area contributed by atoms with E-state index < -0.39 is 0 Å². The molecule has 1 aliphatic rings. The van der Waals surface area contributed by atoms with E-state index in [1.165, 1.54) is 0 Å². The van der Waals surface area contributed by atoms with E-state index in [2.05, 4.69) is 19.9 Å². The molecule has 0 spiro atoms. The molecule has 98 valence electrons. The van der Waals surface area contributed by atoms with Crippen LogP contribution in [0.4, 0.5) is 0 Å². The summed E-state index contributed by atoms with van der Waals surface area (Å²) in [6.45, 7) is 5.09. The Bertz CT molecular complexity index is 434. The fraction of sp³-hybridized carbons (Fsp3) is 0.500. The summed E-state index contributed by atoms with van der Waals surface area (Å²) in [5.74, 6) is 2.15. The molecule has 1 fully saturated rings. The topological polar surface area (TPSA) is 29.5 Å². The Morgan fingerprint density at radius 3 is 2.94 bits per heavy atom. The van der Waals surface area contributed by atoms with E-state index in [0.717, 1.165) is 17.9 Å². The lowest BCUT2D eigenvalue weighted by Gasteiger charge is -2.26. The average Bonchev–Trinajstić information content (AvgIpc) is 2.71. The van der Waals surface area contributed by atoms with Crippen LogP contribution in [0.3, 0.4) is 0 Å². The van der Waals surface area contributed by atoms with Crippen molar-refractivity contribution in [2.24, 2.45) is 5.92 Å². The molecule has 0 aromatic heterocycles. The van der Waals surface area contributed by atoms with Crippen LogP contribution in [-0.4, -0.2) is 30.2 Å². The highest BCUT2D eigenvalue weighted by Gasteiger charge is 2.33. The highest BCUT2D eigenvalue weighted by Crippen LogP contribution is 2.39. The lowest BCUT2D eigenvalue weighted by atomic mass is 10.1. The number of hydrogen-bond donors (Lipinski definition) is 0. The summed E-state index contributed by atoms with van der Waals surface area (Å²) in [5, 5.41) is 0.134. The first kappa shape index (κ1) is 13.3. The second kappa shape index (κ2) is 5.65. The normalized spacial score (nSPS) is 19.7.